The van der Waals surface area contributed by atoms with Crippen molar-refractivity contribution in [3.8, 4) is 0 Å². The van der Waals surface area contributed by atoms with E-state index in [9.17, 15) is 9.59 Å². The molecule has 0 aliphatic carbocycles. The van der Waals surface area contributed by atoms with Crippen LogP contribution in [0.25, 0.3) is 0 Å². The molecule has 7 heteroatoms. The molecule has 2 amide bonds. The molecule has 1 heterocycles. The summed E-state index contributed by atoms with van der Waals surface area (Å²) >= 11 is 4.98. The molecule has 0 bridgehead atoms. The molecule has 1 N–H and O–H groups in total. The molecular weight excluding hydrogens is 474 g/mol. The van der Waals surface area contributed by atoms with Gasteiger partial charge in [0.05, 0.1) is 5.75 Å². The third kappa shape index (κ3) is 4.78. The van der Waals surface area contributed by atoms with E-state index in [1.807, 2.05) is 84.6 Å². The van der Waals surface area contributed by atoms with Crippen molar-refractivity contribution in [2.24, 2.45) is 0 Å². The van der Waals surface area contributed by atoms with E-state index in [0.29, 0.717) is 17.0 Å². The van der Waals surface area contributed by atoms with Gasteiger partial charge in [-0.3, -0.25) is 14.5 Å². The van der Waals surface area contributed by atoms with Gasteiger partial charge in [-0.2, -0.15) is 0 Å². The van der Waals surface area contributed by atoms with Crippen molar-refractivity contribution in [2.45, 2.75) is 5.37 Å². The third-order valence-electron chi connectivity index (χ3n) is 5.07. The van der Waals surface area contributed by atoms with Gasteiger partial charge in [-0.05, 0) is 66.2 Å². The second-order valence-electron chi connectivity index (χ2n) is 7.42. The second-order valence-corrected chi connectivity index (χ2v) is 9.41. The summed E-state index contributed by atoms with van der Waals surface area (Å²) in [5.41, 5.74) is 4.31. The molecule has 1 atom stereocenters. The van der Waals surface area contributed by atoms with Crippen LogP contribution in [-0.2, 0) is 4.79 Å². The van der Waals surface area contributed by atoms with Gasteiger partial charge in [-0.25, -0.2) is 0 Å². The molecule has 1 fully saturated rings. The first-order valence-corrected chi connectivity index (χ1v) is 11.6. The quantitative estimate of drug-likeness (QED) is 0.504. The van der Waals surface area contributed by atoms with Gasteiger partial charge in [0, 0.05) is 41.2 Å². The van der Waals surface area contributed by atoms with Crippen LogP contribution < -0.4 is 15.1 Å². The van der Waals surface area contributed by atoms with E-state index in [4.69, 9.17) is 0 Å². The first kappa shape index (κ1) is 21.5. The summed E-state index contributed by atoms with van der Waals surface area (Å²) in [6, 6.07) is 22.9. The maximum absolute atomic E-state index is 12.6. The van der Waals surface area contributed by atoms with E-state index >= 15 is 0 Å². The minimum Gasteiger partial charge on any atom is -0.378 e. The van der Waals surface area contributed by atoms with Gasteiger partial charge in [0.1, 0.15) is 5.37 Å². The summed E-state index contributed by atoms with van der Waals surface area (Å²) in [5.74, 6) is 0.385. The van der Waals surface area contributed by atoms with E-state index in [-0.39, 0.29) is 17.2 Å². The predicted molar refractivity (Wildman–Crippen MR) is 132 cm³/mol. The Kier molecular flexibility index (Phi) is 6.34. The Balaban J connectivity index is 1.50. The lowest BCUT2D eigenvalue weighted by molar-refractivity contribution is -0.115. The molecule has 31 heavy (non-hydrogen) atoms. The number of rotatable bonds is 5. The molecule has 0 unspecified atom stereocenters. The number of halogens is 1. The maximum atomic E-state index is 12.6. The average molecular weight is 496 g/mol. The van der Waals surface area contributed by atoms with Crippen LogP contribution in [-0.4, -0.2) is 31.7 Å². The summed E-state index contributed by atoms with van der Waals surface area (Å²) < 4.78 is 0.929. The molecule has 158 valence electrons. The zero-order valence-corrected chi connectivity index (χ0v) is 19.6. The number of carbonyl (C=O) groups is 2. The number of carbonyl (C=O) groups excluding carboxylic acids is 2. The van der Waals surface area contributed by atoms with Gasteiger partial charge < -0.3 is 10.2 Å². The normalized spacial score (nSPS) is 15.8. The lowest BCUT2D eigenvalue weighted by Crippen LogP contribution is -2.27. The molecule has 0 aromatic heterocycles. The zero-order valence-electron chi connectivity index (χ0n) is 17.2. The first-order valence-electron chi connectivity index (χ1n) is 9.80. The minimum atomic E-state index is -0.159. The van der Waals surface area contributed by atoms with Crippen LogP contribution in [0.3, 0.4) is 0 Å². The Hall–Kier alpha value is -2.77. The molecule has 3 aromatic carbocycles. The van der Waals surface area contributed by atoms with Crippen LogP contribution in [0.4, 0.5) is 17.1 Å². The summed E-state index contributed by atoms with van der Waals surface area (Å²) in [4.78, 5) is 28.9. The SMILES string of the molecule is CN(C)c1ccc(N2C(=O)CS[C@@H]2c2ccc(NC(=O)c3ccc(Br)cc3)cc2)cc1. The number of hydrogen-bond acceptors (Lipinski definition) is 4. The van der Waals surface area contributed by atoms with Crippen LogP contribution in [0.2, 0.25) is 0 Å². The third-order valence-corrected chi connectivity index (χ3v) is 6.81. The topological polar surface area (TPSA) is 52.6 Å². The number of nitrogens with one attached hydrogen (secondary N) is 1. The number of benzene rings is 3. The largest absolute Gasteiger partial charge is 0.378 e. The van der Waals surface area contributed by atoms with Crippen LogP contribution in [0, 0.1) is 0 Å². The van der Waals surface area contributed by atoms with Crippen LogP contribution in [0.1, 0.15) is 21.3 Å². The van der Waals surface area contributed by atoms with Gasteiger partial charge in [-0.1, -0.05) is 28.1 Å². The number of nitrogens with zero attached hydrogens (tertiary/aromatic N) is 2. The van der Waals surface area contributed by atoms with Crippen LogP contribution >= 0.6 is 27.7 Å². The highest BCUT2D eigenvalue weighted by molar-refractivity contribution is 9.10. The molecule has 0 saturated carbocycles. The van der Waals surface area contributed by atoms with Crippen molar-refractivity contribution in [1.82, 2.24) is 0 Å². The maximum Gasteiger partial charge on any atom is 0.255 e. The number of hydrogen-bond donors (Lipinski definition) is 1. The fraction of sp³-hybridized carbons (Fsp3) is 0.167. The van der Waals surface area contributed by atoms with Gasteiger partial charge in [0.15, 0.2) is 0 Å². The summed E-state index contributed by atoms with van der Waals surface area (Å²) in [6.07, 6.45) is 0. The fourth-order valence-electron chi connectivity index (χ4n) is 3.40. The van der Waals surface area contributed by atoms with E-state index in [1.54, 1.807) is 23.9 Å². The smallest absolute Gasteiger partial charge is 0.255 e. The Bertz CT molecular complexity index is 1080. The zero-order chi connectivity index (χ0) is 22.0. The molecule has 0 spiro atoms. The molecule has 1 saturated heterocycles. The van der Waals surface area contributed by atoms with Crippen molar-refractivity contribution in [3.63, 3.8) is 0 Å². The van der Waals surface area contributed by atoms with E-state index < -0.39 is 0 Å². The van der Waals surface area contributed by atoms with Gasteiger partial charge in [0.25, 0.3) is 5.91 Å². The van der Waals surface area contributed by atoms with E-state index in [1.165, 1.54) is 0 Å². The number of anilines is 3. The molecule has 4 rings (SSSR count). The van der Waals surface area contributed by atoms with Crippen molar-refractivity contribution >= 4 is 56.6 Å². The molecule has 0 radical (unpaired) electrons. The van der Waals surface area contributed by atoms with Crippen LogP contribution in [0.15, 0.2) is 77.3 Å². The lowest BCUT2D eigenvalue weighted by Gasteiger charge is -2.25. The first-order chi connectivity index (χ1) is 14.9. The molecule has 1 aliphatic rings. The summed E-state index contributed by atoms with van der Waals surface area (Å²) in [6.45, 7) is 0. The minimum absolute atomic E-state index is 0.0890. The monoisotopic (exact) mass is 495 g/mol. The van der Waals surface area contributed by atoms with Gasteiger partial charge in [0.2, 0.25) is 5.91 Å². The molecule has 5 nitrogen and oxygen atoms in total. The number of amides is 2. The van der Waals surface area contributed by atoms with E-state index in [0.717, 1.165) is 21.4 Å². The van der Waals surface area contributed by atoms with Crippen molar-refractivity contribution < 1.29 is 9.59 Å². The highest BCUT2D eigenvalue weighted by Crippen LogP contribution is 2.42. The predicted octanol–water partition coefficient (Wildman–Crippen LogP) is 5.55. The fourth-order valence-corrected chi connectivity index (χ4v) is 4.84. The Morgan fingerprint density at radius 1 is 1.00 bits per heavy atom. The highest BCUT2D eigenvalue weighted by Gasteiger charge is 2.34. The summed E-state index contributed by atoms with van der Waals surface area (Å²) in [5, 5.41) is 2.83. The second kappa shape index (κ2) is 9.16. The van der Waals surface area contributed by atoms with E-state index in [2.05, 4.69) is 21.2 Å². The van der Waals surface area contributed by atoms with Crippen molar-refractivity contribution in [2.75, 3.05) is 35.0 Å². The Morgan fingerprint density at radius 3 is 2.26 bits per heavy atom. The van der Waals surface area contributed by atoms with Gasteiger partial charge in [-0.15, -0.1) is 11.8 Å². The highest BCUT2D eigenvalue weighted by atomic mass is 79.9. The molecular formula is C24H22BrN3O2S. The Morgan fingerprint density at radius 2 is 1.65 bits per heavy atom. The molecule has 1 aliphatic heterocycles. The Labute approximate surface area is 194 Å². The summed E-state index contributed by atoms with van der Waals surface area (Å²) in [7, 11) is 3.98. The van der Waals surface area contributed by atoms with Crippen molar-refractivity contribution in [3.05, 3.63) is 88.4 Å². The lowest BCUT2D eigenvalue weighted by atomic mass is 10.1. The average Bonchev–Trinajstić information content (AvgIpc) is 3.16. The number of thioether (sulfide) groups is 1. The van der Waals surface area contributed by atoms with Gasteiger partial charge >= 0.3 is 0 Å². The van der Waals surface area contributed by atoms with Crippen molar-refractivity contribution in [1.29, 1.82) is 0 Å². The molecule has 3 aromatic rings. The van der Waals surface area contributed by atoms with Crippen LogP contribution in [0.5, 0.6) is 0 Å². The standard InChI is InChI=1S/C24H22BrN3O2S/c1-27(2)20-11-13-21(14-12-20)28-22(29)15-31-24(28)17-5-9-19(10-6-17)26-23(30)16-3-7-18(25)8-4-16/h3-14,24H,15H2,1-2H3,(H,26,30)/t24-/m1/s1.